The average molecular weight is 316 g/mol. The van der Waals surface area contributed by atoms with Crippen molar-refractivity contribution < 1.29 is 0 Å². The van der Waals surface area contributed by atoms with Gasteiger partial charge in [-0.05, 0) is 57.5 Å². The van der Waals surface area contributed by atoms with Gasteiger partial charge >= 0.3 is 0 Å². The molecule has 2 N–H and O–H groups in total. The van der Waals surface area contributed by atoms with Crippen LogP contribution in [0.25, 0.3) is 0 Å². The number of nitrogens with zero attached hydrogens (tertiary/aromatic N) is 2. The van der Waals surface area contributed by atoms with Crippen molar-refractivity contribution >= 4 is 5.69 Å². The molecule has 0 amide bonds. The molecule has 0 radical (unpaired) electrons. The number of fused-ring (bicyclic) bond motifs is 1. The Labute approximate surface area is 141 Å². The molecule has 0 saturated heterocycles. The van der Waals surface area contributed by atoms with Gasteiger partial charge in [0.1, 0.15) is 0 Å². The lowest BCUT2D eigenvalue weighted by Crippen LogP contribution is -2.43. The smallest absolute Gasteiger partial charge is 0.0402 e. The van der Waals surface area contributed by atoms with Crippen molar-refractivity contribution in [1.29, 1.82) is 0 Å². The van der Waals surface area contributed by atoms with Crippen molar-refractivity contribution in [2.75, 3.05) is 45.2 Å². The molecule has 1 unspecified atom stereocenters. The van der Waals surface area contributed by atoms with Crippen molar-refractivity contribution in [3.63, 3.8) is 0 Å². The number of hydrogen-bond acceptors (Lipinski definition) is 4. The third kappa shape index (κ3) is 4.46. The van der Waals surface area contributed by atoms with Gasteiger partial charge < -0.3 is 20.4 Å². The monoisotopic (exact) mass is 316 g/mol. The zero-order chi connectivity index (χ0) is 16.2. The van der Waals surface area contributed by atoms with Crippen LogP contribution in [0.5, 0.6) is 0 Å². The Hall–Kier alpha value is -1.10. The van der Waals surface area contributed by atoms with Crippen molar-refractivity contribution in [2.45, 2.75) is 44.8 Å². The molecule has 1 aliphatic heterocycles. The third-order valence-electron chi connectivity index (χ3n) is 4.98. The first-order valence-electron chi connectivity index (χ1n) is 9.14. The van der Waals surface area contributed by atoms with Crippen LogP contribution in [0.4, 0.5) is 5.69 Å². The minimum absolute atomic E-state index is 0.557. The molecule has 0 aromatic heterocycles. The zero-order valence-electron chi connectivity index (χ0n) is 14.9. The second kappa shape index (κ2) is 7.65. The Morgan fingerprint density at radius 3 is 2.78 bits per heavy atom. The largest absolute Gasteiger partial charge is 0.370 e. The predicted molar refractivity (Wildman–Crippen MR) is 98.2 cm³/mol. The van der Waals surface area contributed by atoms with Crippen LogP contribution in [0.15, 0.2) is 18.2 Å². The highest BCUT2D eigenvalue weighted by atomic mass is 15.2. The number of hydrogen-bond donors (Lipinski definition) is 2. The first-order chi connectivity index (χ1) is 11.2. The van der Waals surface area contributed by atoms with E-state index in [1.54, 1.807) is 5.56 Å². The molecule has 4 heteroatoms. The Morgan fingerprint density at radius 2 is 2.09 bits per heavy atom. The van der Waals surface area contributed by atoms with E-state index in [0.717, 1.165) is 45.2 Å². The maximum Gasteiger partial charge on any atom is 0.0402 e. The van der Waals surface area contributed by atoms with Gasteiger partial charge in [0.25, 0.3) is 0 Å². The van der Waals surface area contributed by atoms with Crippen molar-refractivity contribution in [3.05, 3.63) is 29.3 Å². The molecular formula is C19H32N4. The van der Waals surface area contributed by atoms with E-state index in [4.69, 9.17) is 0 Å². The highest BCUT2D eigenvalue weighted by molar-refractivity contribution is 5.58. The van der Waals surface area contributed by atoms with Gasteiger partial charge in [0.15, 0.2) is 0 Å². The molecule has 1 aliphatic carbocycles. The van der Waals surface area contributed by atoms with Gasteiger partial charge in [0, 0.05) is 50.5 Å². The summed E-state index contributed by atoms with van der Waals surface area (Å²) in [5.41, 5.74) is 4.49. The van der Waals surface area contributed by atoms with Crippen molar-refractivity contribution in [1.82, 2.24) is 15.5 Å². The Bertz CT molecular complexity index is 510. The van der Waals surface area contributed by atoms with E-state index in [-0.39, 0.29) is 0 Å². The van der Waals surface area contributed by atoms with E-state index in [1.807, 2.05) is 0 Å². The number of likely N-dealkylation sites (N-methyl/N-ethyl adjacent to an activating group) is 2. The quantitative estimate of drug-likeness (QED) is 0.766. The molecular weight excluding hydrogens is 284 g/mol. The Morgan fingerprint density at radius 1 is 1.26 bits per heavy atom. The van der Waals surface area contributed by atoms with Gasteiger partial charge in [-0.15, -0.1) is 0 Å². The van der Waals surface area contributed by atoms with E-state index >= 15 is 0 Å². The highest BCUT2D eigenvalue weighted by Gasteiger charge is 2.23. The van der Waals surface area contributed by atoms with E-state index in [9.17, 15) is 0 Å². The molecule has 1 aromatic carbocycles. The maximum absolute atomic E-state index is 3.68. The van der Waals surface area contributed by atoms with Gasteiger partial charge in [-0.3, -0.25) is 0 Å². The molecule has 1 atom stereocenters. The summed E-state index contributed by atoms with van der Waals surface area (Å²) in [6.45, 7) is 7.66. The SMILES string of the molecule is CCN(CCNC1CC1)c1cccc2c1CC(CN(C)C)NC2. The van der Waals surface area contributed by atoms with Crippen molar-refractivity contribution in [3.8, 4) is 0 Å². The van der Waals surface area contributed by atoms with Crippen LogP contribution >= 0.6 is 0 Å². The predicted octanol–water partition coefficient (Wildman–Crippen LogP) is 1.84. The second-order valence-electron chi connectivity index (χ2n) is 7.27. The molecule has 0 bridgehead atoms. The summed E-state index contributed by atoms with van der Waals surface area (Å²) in [5, 5.41) is 7.33. The third-order valence-corrected chi connectivity index (χ3v) is 4.98. The first-order valence-corrected chi connectivity index (χ1v) is 9.14. The van der Waals surface area contributed by atoms with Crippen LogP contribution < -0.4 is 15.5 Å². The normalized spacial score (nSPS) is 20.6. The maximum atomic E-state index is 3.68. The molecule has 1 fully saturated rings. The lowest BCUT2D eigenvalue weighted by molar-refractivity contribution is 0.326. The highest BCUT2D eigenvalue weighted by Crippen LogP contribution is 2.28. The Kier molecular flexibility index (Phi) is 5.57. The lowest BCUT2D eigenvalue weighted by atomic mass is 9.93. The molecule has 23 heavy (non-hydrogen) atoms. The van der Waals surface area contributed by atoms with Crippen LogP contribution in [-0.2, 0) is 13.0 Å². The van der Waals surface area contributed by atoms with Crippen LogP contribution in [0, 0.1) is 0 Å². The molecule has 1 heterocycles. The minimum Gasteiger partial charge on any atom is -0.370 e. The van der Waals surface area contributed by atoms with Gasteiger partial charge in [-0.25, -0.2) is 0 Å². The van der Waals surface area contributed by atoms with Gasteiger partial charge in [-0.2, -0.15) is 0 Å². The summed E-state index contributed by atoms with van der Waals surface area (Å²) in [6, 6.07) is 8.18. The van der Waals surface area contributed by atoms with E-state index in [2.05, 4.69) is 59.7 Å². The average Bonchev–Trinajstić information content (AvgIpc) is 3.35. The fourth-order valence-electron chi connectivity index (χ4n) is 3.60. The fourth-order valence-corrected chi connectivity index (χ4v) is 3.60. The lowest BCUT2D eigenvalue weighted by Gasteiger charge is -2.33. The summed E-state index contributed by atoms with van der Waals surface area (Å²) in [5.74, 6) is 0. The summed E-state index contributed by atoms with van der Waals surface area (Å²) < 4.78 is 0. The van der Waals surface area contributed by atoms with Crippen LogP contribution in [0.1, 0.15) is 30.9 Å². The second-order valence-corrected chi connectivity index (χ2v) is 7.27. The number of nitrogens with one attached hydrogen (secondary N) is 2. The van der Waals surface area contributed by atoms with Crippen LogP contribution in [-0.4, -0.2) is 57.3 Å². The van der Waals surface area contributed by atoms with E-state index in [1.165, 1.54) is 24.1 Å². The minimum atomic E-state index is 0.557. The van der Waals surface area contributed by atoms with Gasteiger partial charge in [0.2, 0.25) is 0 Å². The van der Waals surface area contributed by atoms with Gasteiger partial charge in [-0.1, -0.05) is 12.1 Å². The van der Waals surface area contributed by atoms with Crippen LogP contribution in [0.2, 0.25) is 0 Å². The molecule has 2 aliphatic rings. The fraction of sp³-hybridized carbons (Fsp3) is 0.684. The molecule has 3 rings (SSSR count). The molecule has 0 spiro atoms. The number of benzene rings is 1. The molecule has 128 valence electrons. The van der Waals surface area contributed by atoms with Crippen LogP contribution in [0.3, 0.4) is 0 Å². The molecule has 4 nitrogen and oxygen atoms in total. The molecule has 1 aromatic rings. The number of anilines is 1. The van der Waals surface area contributed by atoms with E-state index in [0.29, 0.717) is 6.04 Å². The summed E-state index contributed by atoms with van der Waals surface area (Å²) in [7, 11) is 4.32. The van der Waals surface area contributed by atoms with E-state index < -0.39 is 0 Å². The summed E-state index contributed by atoms with van der Waals surface area (Å²) in [6.07, 6.45) is 3.87. The summed E-state index contributed by atoms with van der Waals surface area (Å²) in [4.78, 5) is 4.83. The van der Waals surface area contributed by atoms with Gasteiger partial charge in [0.05, 0.1) is 0 Å². The first kappa shape index (κ1) is 16.7. The van der Waals surface area contributed by atoms with Crippen molar-refractivity contribution in [2.24, 2.45) is 0 Å². The zero-order valence-corrected chi connectivity index (χ0v) is 14.9. The number of rotatable bonds is 8. The molecule has 1 saturated carbocycles. The standard InChI is InChI=1S/C19H32N4/c1-4-23(11-10-20-16-8-9-16)19-7-5-6-15-13-21-17(12-18(15)19)14-22(2)3/h5-7,16-17,20-21H,4,8-14H2,1-3H3. The summed E-state index contributed by atoms with van der Waals surface area (Å²) >= 11 is 0. The topological polar surface area (TPSA) is 30.5 Å². The Balaban J connectivity index is 1.70.